The molecule has 1 atom stereocenters. The first-order chi connectivity index (χ1) is 12.5. The Morgan fingerprint density at radius 3 is 2.81 bits per heavy atom. The van der Waals surface area contributed by atoms with Crippen LogP contribution in [0.2, 0.25) is 0 Å². The van der Waals surface area contributed by atoms with Gasteiger partial charge in [-0.05, 0) is 24.0 Å². The first kappa shape index (κ1) is 19.3. The molecule has 10 nitrogen and oxygen atoms in total. The highest BCUT2D eigenvalue weighted by Gasteiger charge is 2.21. The maximum Gasteiger partial charge on any atom is 0.315 e. The highest BCUT2D eigenvalue weighted by Crippen LogP contribution is 2.05. The topological polar surface area (TPSA) is 134 Å². The van der Waals surface area contributed by atoms with Gasteiger partial charge in [0.05, 0.1) is 19.3 Å². The van der Waals surface area contributed by atoms with E-state index >= 15 is 0 Å². The number of aromatic nitrogens is 4. The average Bonchev–Trinajstić information content (AvgIpc) is 3.06. The summed E-state index contributed by atoms with van der Waals surface area (Å²) in [5.74, 6) is -0.485. The summed E-state index contributed by atoms with van der Waals surface area (Å²) in [7, 11) is 0. The fourth-order valence-electron chi connectivity index (χ4n) is 2.34. The molecule has 0 saturated heterocycles. The van der Waals surface area contributed by atoms with E-state index in [4.69, 9.17) is 5.21 Å². The van der Waals surface area contributed by atoms with Gasteiger partial charge in [-0.1, -0.05) is 25.1 Å². The molecule has 140 valence electrons. The zero-order chi connectivity index (χ0) is 18.9. The van der Waals surface area contributed by atoms with Gasteiger partial charge in [-0.15, -0.1) is 5.10 Å². The van der Waals surface area contributed by atoms with Crippen LogP contribution in [0.3, 0.4) is 0 Å². The van der Waals surface area contributed by atoms with Crippen molar-refractivity contribution in [2.75, 3.05) is 0 Å². The van der Waals surface area contributed by atoms with Crippen molar-refractivity contribution in [3.63, 3.8) is 0 Å². The van der Waals surface area contributed by atoms with Crippen molar-refractivity contribution in [3.8, 4) is 0 Å². The van der Waals surface area contributed by atoms with Crippen LogP contribution < -0.4 is 16.1 Å². The van der Waals surface area contributed by atoms with Gasteiger partial charge >= 0.3 is 6.03 Å². The predicted octanol–water partition coefficient (Wildman–Crippen LogP) is 0.441. The minimum atomic E-state index is -0.818. The molecule has 0 spiro atoms. The lowest BCUT2D eigenvalue weighted by molar-refractivity contribution is -0.131. The van der Waals surface area contributed by atoms with E-state index in [1.54, 1.807) is 28.8 Å². The van der Waals surface area contributed by atoms with Crippen molar-refractivity contribution in [1.29, 1.82) is 0 Å². The molecule has 0 radical (unpaired) electrons. The van der Waals surface area contributed by atoms with E-state index in [0.29, 0.717) is 18.7 Å². The predicted molar refractivity (Wildman–Crippen MR) is 91.9 cm³/mol. The van der Waals surface area contributed by atoms with Crippen LogP contribution >= 0.6 is 0 Å². The molecule has 0 fully saturated rings. The van der Waals surface area contributed by atoms with Crippen LogP contribution in [0.4, 0.5) is 4.79 Å². The summed E-state index contributed by atoms with van der Waals surface area (Å²) in [5, 5.41) is 21.9. The van der Waals surface area contributed by atoms with Gasteiger partial charge in [0.25, 0.3) is 5.91 Å². The fraction of sp³-hybridized carbons (Fsp3) is 0.438. The van der Waals surface area contributed by atoms with E-state index in [1.807, 2.05) is 26.0 Å². The Bertz CT molecular complexity index is 718. The van der Waals surface area contributed by atoms with E-state index in [0.717, 1.165) is 5.56 Å². The molecule has 2 aromatic rings. The van der Waals surface area contributed by atoms with Gasteiger partial charge < -0.3 is 10.6 Å². The molecular weight excluding hydrogens is 338 g/mol. The van der Waals surface area contributed by atoms with Crippen molar-refractivity contribution >= 4 is 11.9 Å². The Hall–Kier alpha value is -3.01. The van der Waals surface area contributed by atoms with Crippen molar-refractivity contribution in [2.45, 2.75) is 39.4 Å². The Morgan fingerprint density at radius 1 is 1.35 bits per heavy atom. The number of urea groups is 1. The molecule has 0 aromatic carbocycles. The van der Waals surface area contributed by atoms with Crippen molar-refractivity contribution in [1.82, 2.24) is 36.1 Å². The summed E-state index contributed by atoms with van der Waals surface area (Å²) in [5.41, 5.74) is 3.13. The summed E-state index contributed by atoms with van der Waals surface area (Å²) in [6.07, 6.45) is 5.57. The van der Waals surface area contributed by atoms with Crippen LogP contribution in [0.15, 0.2) is 30.7 Å². The van der Waals surface area contributed by atoms with Crippen LogP contribution in [0.1, 0.15) is 31.5 Å². The number of amides is 3. The Kier molecular flexibility index (Phi) is 7.03. The van der Waals surface area contributed by atoms with Crippen LogP contribution in [-0.2, 0) is 17.9 Å². The number of nitrogens with zero attached hydrogens (tertiary/aromatic N) is 4. The van der Waals surface area contributed by atoms with Gasteiger partial charge in [0.2, 0.25) is 0 Å². The molecule has 2 heterocycles. The van der Waals surface area contributed by atoms with Crippen LogP contribution in [0, 0.1) is 5.92 Å². The van der Waals surface area contributed by atoms with Crippen LogP contribution in [-0.4, -0.2) is 43.2 Å². The Labute approximate surface area is 151 Å². The number of hydrogen-bond acceptors (Lipinski definition) is 6. The number of carbonyl (C=O) groups is 2. The second-order valence-corrected chi connectivity index (χ2v) is 6.25. The van der Waals surface area contributed by atoms with Crippen LogP contribution in [0.5, 0.6) is 0 Å². The SMILES string of the molecule is CC(C)C[C@H](NC(=O)NCc1cn(Cc2cccnc2)nn1)C(=O)NO. The molecule has 4 N–H and O–H groups in total. The third-order valence-corrected chi connectivity index (χ3v) is 3.52. The number of hydrogen-bond donors (Lipinski definition) is 4. The summed E-state index contributed by atoms with van der Waals surface area (Å²) in [4.78, 5) is 27.6. The average molecular weight is 361 g/mol. The maximum absolute atomic E-state index is 12.0. The highest BCUT2D eigenvalue weighted by atomic mass is 16.5. The fourth-order valence-corrected chi connectivity index (χ4v) is 2.34. The monoisotopic (exact) mass is 361 g/mol. The smallest absolute Gasteiger partial charge is 0.315 e. The first-order valence-electron chi connectivity index (χ1n) is 8.24. The molecule has 2 rings (SSSR count). The lowest BCUT2D eigenvalue weighted by atomic mass is 10.0. The van der Waals surface area contributed by atoms with Crippen molar-refractivity contribution in [2.24, 2.45) is 5.92 Å². The van der Waals surface area contributed by atoms with Gasteiger partial charge in [-0.25, -0.2) is 15.0 Å². The minimum Gasteiger partial charge on any atom is -0.332 e. The van der Waals surface area contributed by atoms with Gasteiger partial charge in [0.1, 0.15) is 11.7 Å². The lowest BCUT2D eigenvalue weighted by Crippen LogP contribution is -2.49. The zero-order valence-electron chi connectivity index (χ0n) is 14.7. The first-order valence-corrected chi connectivity index (χ1v) is 8.24. The molecule has 0 aliphatic heterocycles. The number of nitrogens with one attached hydrogen (secondary N) is 3. The number of carbonyl (C=O) groups excluding carboxylic acids is 2. The summed E-state index contributed by atoms with van der Waals surface area (Å²) >= 11 is 0. The van der Waals surface area contributed by atoms with Gasteiger partial charge in [-0.2, -0.15) is 0 Å². The van der Waals surface area contributed by atoms with Crippen molar-refractivity contribution in [3.05, 3.63) is 42.0 Å². The molecule has 0 bridgehead atoms. The molecule has 0 aliphatic carbocycles. The van der Waals surface area contributed by atoms with Gasteiger partial charge in [0, 0.05) is 12.4 Å². The molecule has 26 heavy (non-hydrogen) atoms. The van der Waals surface area contributed by atoms with E-state index < -0.39 is 18.0 Å². The molecule has 2 aromatic heterocycles. The largest absolute Gasteiger partial charge is 0.332 e. The zero-order valence-corrected chi connectivity index (χ0v) is 14.7. The molecule has 0 saturated carbocycles. The molecular formula is C16H23N7O3. The van der Waals surface area contributed by atoms with E-state index in [1.165, 1.54) is 0 Å². The number of rotatable bonds is 8. The number of pyridine rings is 1. The molecule has 0 unspecified atom stereocenters. The summed E-state index contributed by atoms with van der Waals surface area (Å²) in [6, 6.07) is 2.43. The van der Waals surface area contributed by atoms with Crippen molar-refractivity contribution < 1.29 is 14.8 Å². The third kappa shape index (κ3) is 6.13. The standard InChI is InChI=1S/C16H23N7O3/c1-11(2)6-14(15(24)21-26)19-16(25)18-8-13-10-23(22-20-13)9-12-4-3-5-17-7-12/h3-5,7,10-11,14,26H,6,8-9H2,1-2H3,(H,21,24)(H2,18,19,25)/t14-/m0/s1. The second kappa shape index (κ2) is 9.47. The van der Waals surface area contributed by atoms with Gasteiger partial charge in [0.15, 0.2) is 0 Å². The van der Waals surface area contributed by atoms with Gasteiger partial charge in [-0.3, -0.25) is 15.0 Å². The summed E-state index contributed by atoms with van der Waals surface area (Å²) in [6.45, 7) is 4.52. The minimum absolute atomic E-state index is 0.161. The molecule has 0 aliphatic rings. The molecule has 10 heteroatoms. The number of hydroxylamine groups is 1. The Balaban J connectivity index is 1.84. The highest BCUT2D eigenvalue weighted by molar-refractivity contribution is 5.86. The normalized spacial score (nSPS) is 11.8. The van der Waals surface area contributed by atoms with Crippen LogP contribution in [0.25, 0.3) is 0 Å². The summed E-state index contributed by atoms with van der Waals surface area (Å²) < 4.78 is 1.65. The van der Waals surface area contributed by atoms with E-state index in [9.17, 15) is 9.59 Å². The van der Waals surface area contributed by atoms with E-state index in [-0.39, 0.29) is 12.5 Å². The second-order valence-electron chi connectivity index (χ2n) is 6.25. The quantitative estimate of drug-likeness (QED) is 0.398. The van der Waals surface area contributed by atoms with E-state index in [2.05, 4.69) is 25.9 Å². The molecule has 3 amide bonds. The third-order valence-electron chi connectivity index (χ3n) is 3.52. The lowest BCUT2D eigenvalue weighted by Gasteiger charge is -2.18. The Morgan fingerprint density at radius 2 is 2.15 bits per heavy atom. The maximum atomic E-state index is 12.0.